The third kappa shape index (κ3) is 1.48. The number of hydrogen-bond acceptors (Lipinski definition) is 2. The first-order valence-corrected chi connectivity index (χ1v) is 5.39. The first-order valence-electron chi connectivity index (χ1n) is 4.51. The molecule has 0 radical (unpaired) electrons. The minimum atomic E-state index is -0.772. The fourth-order valence-corrected chi connectivity index (χ4v) is 2.94. The Labute approximate surface area is 81.2 Å². The van der Waals surface area contributed by atoms with Gasteiger partial charge in [0.05, 0.1) is 5.56 Å². The van der Waals surface area contributed by atoms with Crippen LogP contribution in [0.3, 0.4) is 0 Å². The van der Waals surface area contributed by atoms with E-state index in [0.717, 1.165) is 18.4 Å². The molecule has 0 fully saturated rings. The lowest BCUT2D eigenvalue weighted by Crippen LogP contribution is -2.12. The van der Waals surface area contributed by atoms with Gasteiger partial charge in [-0.15, -0.1) is 11.3 Å². The zero-order valence-corrected chi connectivity index (χ0v) is 8.36. The van der Waals surface area contributed by atoms with Gasteiger partial charge < -0.3 is 5.11 Å². The van der Waals surface area contributed by atoms with Crippen LogP contribution in [0.25, 0.3) is 0 Å². The molecule has 1 aliphatic rings. The number of carbonyl (C=O) groups is 1. The molecule has 3 heteroatoms. The maximum atomic E-state index is 10.8. The van der Waals surface area contributed by atoms with Gasteiger partial charge in [-0.05, 0) is 30.7 Å². The number of carboxylic acids is 1. The van der Waals surface area contributed by atoms with Crippen LogP contribution in [0.2, 0.25) is 0 Å². The fourth-order valence-electron chi connectivity index (χ4n) is 1.86. The molecule has 1 aromatic heterocycles. The van der Waals surface area contributed by atoms with E-state index in [9.17, 15) is 4.79 Å². The Morgan fingerprint density at radius 2 is 2.46 bits per heavy atom. The zero-order chi connectivity index (χ0) is 9.42. The van der Waals surface area contributed by atoms with Crippen LogP contribution in [0.15, 0.2) is 5.38 Å². The summed E-state index contributed by atoms with van der Waals surface area (Å²) in [5, 5.41) is 10.7. The van der Waals surface area contributed by atoms with Crippen LogP contribution in [0.5, 0.6) is 0 Å². The molecule has 1 heterocycles. The van der Waals surface area contributed by atoms with E-state index in [2.05, 4.69) is 6.92 Å². The second kappa shape index (κ2) is 3.14. The SMILES string of the molecule is CC1CCc2scc(C(=O)O)c2C1. The van der Waals surface area contributed by atoms with E-state index in [-0.39, 0.29) is 0 Å². The van der Waals surface area contributed by atoms with Crippen molar-refractivity contribution in [3.63, 3.8) is 0 Å². The number of thiophene rings is 1. The van der Waals surface area contributed by atoms with Gasteiger partial charge in [-0.3, -0.25) is 0 Å². The Hall–Kier alpha value is -0.830. The van der Waals surface area contributed by atoms with Gasteiger partial charge in [0, 0.05) is 10.3 Å². The molecule has 0 amide bonds. The van der Waals surface area contributed by atoms with Crippen molar-refractivity contribution < 1.29 is 9.90 Å². The van der Waals surface area contributed by atoms with E-state index in [0.29, 0.717) is 11.5 Å². The second-order valence-electron chi connectivity index (χ2n) is 3.70. The largest absolute Gasteiger partial charge is 0.478 e. The van der Waals surface area contributed by atoms with Gasteiger partial charge >= 0.3 is 5.97 Å². The van der Waals surface area contributed by atoms with Crippen molar-refractivity contribution in [2.75, 3.05) is 0 Å². The van der Waals surface area contributed by atoms with Crippen LogP contribution in [0, 0.1) is 5.92 Å². The molecule has 2 rings (SSSR count). The molecule has 2 nitrogen and oxygen atoms in total. The van der Waals surface area contributed by atoms with E-state index in [1.807, 2.05) is 0 Å². The van der Waals surface area contributed by atoms with E-state index < -0.39 is 5.97 Å². The fraction of sp³-hybridized carbons (Fsp3) is 0.500. The molecule has 13 heavy (non-hydrogen) atoms. The molecule has 0 saturated carbocycles. The molecule has 1 atom stereocenters. The first kappa shape index (κ1) is 8.75. The number of aromatic carboxylic acids is 1. The Morgan fingerprint density at radius 3 is 3.15 bits per heavy atom. The minimum absolute atomic E-state index is 0.534. The smallest absolute Gasteiger partial charge is 0.336 e. The van der Waals surface area contributed by atoms with Gasteiger partial charge in [-0.1, -0.05) is 6.92 Å². The maximum absolute atomic E-state index is 10.8. The van der Waals surface area contributed by atoms with Gasteiger partial charge in [0.1, 0.15) is 0 Å². The molecule has 0 saturated heterocycles. The highest BCUT2D eigenvalue weighted by Crippen LogP contribution is 2.32. The molecule has 1 aliphatic carbocycles. The quantitative estimate of drug-likeness (QED) is 0.749. The average molecular weight is 196 g/mol. The van der Waals surface area contributed by atoms with Crippen molar-refractivity contribution in [2.24, 2.45) is 5.92 Å². The molecule has 70 valence electrons. The van der Waals surface area contributed by atoms with Gasteiger partial charge in [-0.25, -0.2) is 4.79 Å². The van der Waals surface area contributed by atoms with Gasteiger partial charge in [0.2, 0.25) is 0 Å². The van der Waals surface area contributed by atoms with Crippen LogP contribution >= 0.6 is 11.3 Å². The standard InChI is InChI=1S/C10H12O2S/c1-6-2-3-9-7(4-6)8(5-13-9)10(11)12/h5-6H,2-4H2,1H3,(H,11,12). The van der Waals surface area contributed by atoms with Crippen LogP contribution in [-0.4, -0.2) is 11.1 Å². The molecule has 0 spiro atoms. The monoisotopic (exact) mass is 196 g/mol. The van der Waals surface area contributed by atoms with Crippen molar-refractivity contribution >= 4 is 17.3 Å². The Balaban J connectivity index is 2.41. The highest BCUT2D eigenvalue weighted by molar-refractivity contribution is 7.10. The van der Waals surface area contributed by atoms with E-state index in [1.165, 1.54) is 11.3 Å². The van der Waals surface area contributed by atoms with Crippen molar-refractivity contribution in [2.45, 2.75) is 26.2 Å². The highest BCUT2D eigenvalue weighted by atomic mass is 32.1. The lowest BCUT2D eigenvalue weighted by atomic mass is 9.88. The lowest BCUT2D eigenvalue weighted by molar-refractivity contribution is 0.0696. The molecule has 1 unspecified atom stereocenters. The molecular formula is C10H12O2S. The minimum Gasteiger partial charge on any atom is -0.478 e. The summed E-state index contributed by atoms with van der Waals surface area (Å²) in [7, 11) is 0. The average Bonchev–Trinajstić information content (AvgIpc) is 2.46. The summed E-state index contributed by atoms with van der Waals surface area (Å²) in [5.74, 6) is -0.133. The van der Waals surface area contributed by atoms with Crippen LogP contribution in [0.4, 0.5) is 0 Å². The van der Waals surface area contributed by atoms with Gasteiger partial charge in [0.25, 0.3) is 0 Å². The molecule has 0 bridgehead atoms. The third-order valence-electron chi connectivity index (χ3n) is 2.63. The van der Waals surface area contributed by atoms with Crippen LogP contribution in [0.1, 0.15) is 34.1 Å². The van der Waals surface area contributed by atoms with Crippen LogP contribution in [-0.2, 0) is 12.8 Å². The summed E-state index contributed by atoms with van der Waals surface area (Å²) in [6.45, 7) is 2.19. The number of aryl methyl sites for hydroxylation is 1. The van der Waals surface area contributed by atoms with Crippen LogP contribution < -0.4 is 0 Å². The first-order chi connectivity index (χ1) is 6.18. The lowest BCUT2D eigenvalue weighted by Gasteiger charge is -2.18. The summed E-state index contributed by atoms with van der Waals surface area (Å²) in [6, 6.07) is 0. The molecular weight excluding hydrogens is 184 g/mol. The normalized spacial score (nSPS) is 21.2. The zero-order valence-electron chi connectivity index (χ0n) is 7.54. The molecule has 1 aromatic rings. The number of hydrogen-bond donors (Lipinski definition) is 1. The van der Waals surface area contributed by atoms with E-state index >= 15 is 0 Å². The van der Waals surface area contributed by atoms with E-state index in [4.69, 9.17) is 5.11 Å². The summed E-state index contributed by atoms with van der Waals surface area (Å²) in [5.41, 5.74) is 1.63. The maximum Gasteiger partial charge on any atom is 0.336 e. The number of rotatable bonds is 1. The molecule has 0 aliphatic heterocycles. The highest BCUT2D eigenvalue weighted by Gasteiger charge is 2.22. The Kier molecular flexibility index (Phi) is 2.12. The summed E-state index contributed by atoms with van der Waals surface area (Å²) in [4.78, 5) is 12.1. The summed E-state index contributed by atoms with van der Waals surface area (Å²) >= 11 is 1.60. The Bertz CT molecular complexity index is 341. The number of carboxylic acid groups (broad SMARTS) is 1. The van der Waals surface area contributed by atoms with E-state index in [1.54, 1.807) is 16.7 Å². The number of fused-ring (bicyclic) bond motifs is 1. The third-order valence-corrected chi connectivity index (χ3v) is 3.72. The second-order valence-corrected chi connectivity index (χ2v) is 4.67. The van der Waals surface area contributed by atoms with Gasteiger partial charge in [0.15, 0.2) is 0 Å². The predicted octanol–water partition coefficient (Wildman–Crippen LogP) is 2.57. The Morgan fingerprint density at radius 1 is 1.69 bits per heavy atom. The molecule has 0 aromatic carbocycles. The summed E-state index contributed by atoms with van der Waals surface area (Å²) in [6.07, 6.45) is 3.21. The molecule has 1 N–H and O–H groups in total. The van der Waals surface area contributed by atoms with Crippen molar-refractivity contribution in [1.82, 2.24) is 0 Å². The topological polar surface area (TPSA) is 37.3 Å². The van der Waals surface area contributed by atoms with Crippen molar-refractivity contribution in [3.05, 3.63) is 21.4 Å². The van der Waals surface area contributed by atoms with Gasteiger partial charge in [-0.2, -0.15) is 0 Å². The van der Waals surface area contributed by atoms with Crippen molar-refractivity contribution in [1.29, 1.82) is 0 Å². The summed E-state index contributed by atoms with van der Waals surface area (Å²) < 4.78 is 0. The predicted molar refractivity (Wildman–Crippen MR) is 52.5 cm³/mol. The van der Waals surface area contributed by atoms with Crippen molar-refractivity contribution in [3.8, 4) is 0 Å².